The summed E-state index contributed by atoms with van der Waals surface area (Å²) in [6.45, 7) is 1.29. The Balaban J connectivity index is 1.64. The van der Waals surface area contributed by atoms with Crippen molar-refractivity contribution in [3.05, 3.63) is 80.3 Å². The van der Waals surface area contributed by atoms with Crippen molar-refractivity contribution in [2.45, 2.75) is 18.4 Å². The lowest BCUT2D eigenvalue weighted by molar-refractivity contribution is -0.385. The van der Waals surface area contributed by atoms with Crippen LogP contribution in [-0.4, -0.2) is 34.0 Å². The van der Waals surface area contributed by atoms with Crippen LogP contribution in [0.3, 0.4) is 0 Å². The SMILES string of the molecule is O=c1c([N+](=O)[O-])c(N2CCOC3(CCc4ccccc43)C2)nc2ccccn12. The highest BCUT2D eigenvalue weighted by atomic mass is 16.6. The molecule has 0 saturated carbocycles. The Hall–Kier alpha value is -3.26. The molecule has 8 heteroatoms. The van der Waals surface area contributed by atoms with Crippen LogP contribution in [0.25, 0.3) is 5.65 Å². The van der Waals surface area contributed by atoms with Crippen LogP contribution in [-0.2, 0) is 16.8 Å². The number of morpholine rings is 1. The van der Waals surface area contributed by atoms with Crippen molar-refractivity contribution in [3.8, 4) is 0 Å². The Morgan fingerprint density at radius 3 is 2.86 bits per heavy atom. The van der Waals surface area contributed by atoms with Crippen LogP contribution in [0, 0.1) is 10.1 Å². The number of pyridine rings is 1. The summed E-state index contributed by atoms with van der Waals surface area (Å²) >= 11 is 0. The average Bonchev–Trinajstić information content (AvgIpc) is 3.06. The van der Waals surface area contributed by atoms with E-state index in [1.54, 1.807) is 18.2 Å². The molecule has 5 rings (SSSR count). The maximum Gasteiger partial charge on any atom is 0.376 e. The predicted molar refractivity (Wildman–Crippen MR) is 103 cm³/mol. The average molecular weight is 378 g/mol. The third kappa shape index (κ3) is 2.41. The van der Waals surface area contributed by atoms with Gasteiger partial charge in [-0.2, -0.15) is 0 Å². The van der Waals surface area contributed by atoms with Crippen LogP contribution in [0.2, 0.25) is 0 Å². The van der Waals surface area contributed by atoms with Gasteiger partial charge in [-0.15, -0.1) is 0 Å². The lowest BCUT2D eigenvalue weighted by Gasteiger charge is -2.41. The molecule has 2 aromatic heterocycles. The number of ether oxygens (including phenoxy) is 1. The van der Waals surface area contributed by atoms with E-state index in [0.717, 1.165) is 18.4 Å². The Labute approximate surface area is 160 Å². The summed E-state index contributed by atoms with van der Waals surface area (Å²) in [5, 5.41) is 11.7. The Morgan fingerprint density at radius 2 is 2.00 bits per heavy atom. The molecule has 1 fully saturated rings. The number of anilines is 1. The fourth-order valence-corrected chi connectivity index (χ4v) is 4.38. The molecule has 1 atom stereocenters. The zero-order valence-electron chi connectivity index (χ0n) is 15.1. The standard InChI is InChI=1S/C20H18N4O4/c25-19-17(24(26)27)18(21-16-7-3-4-10-23(16)19)22-11-12-28-20(13-22)9-8-14-5-1-2-6-15(14)20/h1-7,10H,8-9,11-13H2. The lowest BCUT2D eigenvalue weighted by Crippen LogP contribution is -2.49. The fraction of sp³-hybridized carbons (Fsp3) is 0.300. The van der Waals surface area contributed by atoms with E-state index in [0.29, 0.717) is 25.3 Å². The Kier molecular flexibility index (Phi) is 3.70. The minimum Gasteiger partial charge on any atom is -0.367 e. The molecular weight excluding hydrogens is 360 g/mol. The second kappa shape index (κ2) is 6.13. The molecule has 1 saturated heterocycles. The lowest BCUT2D eigenvalue weighted by atomic mass is 9.93. The van der Waals surface area contributed by atoms with Gasteiger partial charge in [0.1, 0.15) is 11.2 Å². The van der Waals surface area contributed by atoms with Crippen LogP contribution in [0.15, 0.2) is 53.5 Å². The van der Waals surface area contributed by atoms with Crippen molar-refractivity contribution < 1.29 is 9.66 Å². The fourth-order valence-electron chi connectivity index (χ4n) is 4.38. The molecule has 1 aliphatic heterocycles. The molecule has 28 heavy (non-hydrogen) atoms. The highest BCUT2D eigenvalue weighted by Gasteiger charge is 2.45. The molecule has 142 valence electrons. The highest BCUT2D eigenvalue weighted by molar-refractivity contribution is 5.62. The maximum absolute atomic E-state index is 12.8. The van der Waals surface area contributed by atoms with Gasteiger partial charge in [-0.1, -0.05) is 30.3 Å². The van der Waals surface area contributed by atoms with Crippen molar-refractivity contribution in [1.82, 2.24) is 9.38 Å². The molecule has 1 spiro atoms. The maximum atomic E-state index is 12.8. The number of aromatic nitrogens is 2. The number of rotatable bonds is 2. The van der Waals surface area contributed by atoms with Gasteiger partial charge in [0, 0.05) is 12.7 Å². The number of benzene rings is 1. The molecule has 3 aromatic rings. The zero-order chi connectivity index (χ0) is 19.3. The van der Waals surface area contributed by atoms with Gasteiger partial charge in [0.25, 0.3) is 0 Å². The summed E-state index contributed by atoms with van der Waals surface area (Å²) < 4.78 is 7.41. The monoisotopic (exact) mass is 378 g/mol. The molecule has 1 aromatic carbocycles. The van der Waals surface area contributed by atoms with Crippen molar-refractivity contribution >= 4 is 17.2 Å². The molecule has 0 N–H and O–H groups in total. The van der Waals surface area contributed by atoms with Crippen molar-refractivity contribution in [1.29, 1.82) is 0 Å². The van der Waals surface area contributed by atoms with Gasteiger partial charge in [0.05, 0.1) is 18.1 Å². The molecule has 8 nitrogen and oxygen atoms in total. The first-order valence-electron chi connectivity index (χ1n) is 9.22. The number of hydrogen-bond donors (Lipinski definition) is 0. The van der Waals surface area contributed by atoms with Crippen molar-refractivity contribution in [2.24, 2.45) is 0 Å². The molecule has 0 bridgehead atoms. The summed E-state index contributed by atoms with van der Waals surface area (Å²) in [5.41, 5.74) is 1.07. The topological polar surface area (TPSA) is 90.0 Å². The first-order valence-corrected chi connectivity index (χ1v) is 9.22. The largest absolute Gasteiger partial charge is 0.376 e. The minimum absolute atomic E-state index is 0.119. The molecule has 0 amide bonds. The first-order chi connectivity index (χ1) is 13.6. The molecule has 2 aliphatic rings. The highest BCUT2D eigenvalue weighted by Crippen LogP contribution is 2.43. The quantitative estimate of drug-likeness (QED) is 0.502. The molecule has 1 aliphatic carbocycles. The van der Waals surface area contributed by atoms with E-state index in [1.165, 1.54) is 16.2 Å². The predicted octanol–water partition coefficient (Wildman–Crippen LogP) is 2.28. The van der Waals surface area contributed by atoms with Crippen LogP contribution in [0.1, 0.15) is 17.5 Å². The third-order valence-corrected chi connectivity index (χ3v) is 5.67. The van der Waals surface area contributed by atoms with Gasteiger partial charge in [-0.05, 0) is 36.1 Å². The van der Waals surface area contributed by atoms with Crippen LogP contribution in [0.4, 0.5) is 11.5 Å². The van der Waals surface area contributed by atoms with E-state index in [9.17, 15) is 14.9 Å². The smallest absolute Gasteiger partial charge is 0.367 e. The van der Waals surface area contributed by atoms with E-state index >= 15 is 0 Å². The number of aryl methyl sites for hydroxylation is 1. The molecule has 0 radical (unpaired) electrons. The summed E-state index contributed by atoms with van der Waals surface area (Å²) in [4.78, 5) is 30.2. The number of nitro groups is 1. The van der Waals surface area contributed by atoms with E-state index in [1.807, 2.05) is 17.0 Å². The second-order valence-electron chi connectivity index (χ2n) is 7.20. The summed E-state index contributed by atoms with van der Waals surface area (Å²) in [5.74, 6) is 0.119. The van der Waals surface area contributed by atoms with E-state index < -0.39 is 21.8 Å². The van der Waals surface area contributed by atoms with Gasteiger partial charge >= 0.3 is 11.2 Å². The van der Waals surface area contributed by atoms with Gasteiger partial charge < -0.3 is 9.64 Å². The normalized spacial score (nSPS) is 21.2. The van der Waals surface area contributed by atoms with E-state index in [2.05, 4.69) is 17.1 Å². The molecular formula is C20H18N4O4. The Bertz CT molecular complexity index is 1150. The van der Waals surface area contributed by atoms with Gasteiger partial charge in [-0.25, -0.2) is 4.98 Å². The second-order valence-corrected chi connectivity index (χ2v) is 7.20. The number of hydrogen-bond acceptors (Lipinski definition) is 6. The third-order valence-electron chi connectivity index (χ3n) is 5.67. The van der Waals surface area contributed by atoms with Crippen LogP contribution >= 0.6 is 0 Å². The van der Waals surface area contributed by atoms with Crippen LogP contribution < -0.4 is 10.5 Å². The summed E-state index contributed by atoms with van der Waals surface area (Å²) in [7, 11) is 0. The van der Waals surface area contributed by atoms with Crippen LogP contribution in [0.5, 0.6) is 0 Å². The van der Waals surface area contributed by atoms with E-state index in [4.69, 9.17) is 4.74 Å². The van der Waals surface area contributed by atoms with Gasteiger partial charge in [0.2, 0.25) is 5.82 Å². The molecule has 3 heterocycles. The van der Waals surface area contributed by atoms with Gasteiger partial charge in [0.15, 0.2) is 0 Å². The van der Waals surface area contributed by atoms with Crippen molar-refractivity contribution in [2.75, 3.05) is 24.6 Å². The number of fused-ring (bicyclic) bond motifs is 3. The number of nitrogens with zero attached hydrogens (tertiary/aromatic N) is 4. The van der Waals surface area contributed by atoms with Gasteiger partial charge in [-0.3, -0.25) is 19.3 Å². The summed E-state index contributed by atoms with van der Waals surface area (Å²) in [6, 6.07) is 13.2. The Morgan fingerprint density at radius 1 is 1.18 bits per heavy atom. The minimum atomic E-state index is -0.669. The molecule has 1 unspecified atom stereocenters. The van der Waals surface area contributed by atoms with E-state index in [-0.39, 0.29) is 5.82 Å². The zero-order valence-corrected chi connectivity index (χ0v) is 15.1. The van der Waals surface area contributed by atoms with Crippen molar-refractivity contribution in [3.63, 3.8) is 0 Å². The summed E-state index contributed by atoms with van der Waals surface area (Å²) in [6.07, 6.45) is 3.21. The first kappa shape index (κ1) is 16.9.